The van der Waals surface area contributed by atoms with Crippen LogP contribution in [-0.4, -0.2) is 35.4 Å². The molecule has 0 saturated carbocycles. The van der Waals surface area contributed by atoms with Crippen molar-refractivity contribution in [2.75, 3.05) is 24.6 Å². The van der Waals surface area contributed by atoms with Crippen LogP contribution >= 0.6 is 11.8 Å². The van der Waals surface area contributed by atoms with Crippen molar-refractivity contribution in [1.29, 1.82) is 5.26 Å². The van der Waals surface area contributed by atoms with Gasteiger partial charge in [0.2, 0.25) is 5.91 Å². The lowest BCUT2D eigenvalue weighted by Crippen LogP contribution is -2.29. The van der Waals surface area contributed by atoms with Crippen molar-refractivity contribution in [2.45, 2.75) is 39.5 Å². The average Bonchev–Trinajstić information content (AvgIpc) is 2.82. The third-order valence-corrected chi connectivity index (χ3v) is 4.11. The number of carbonyl (C=O) groups excluding carboxylic acids is 1. The molecule has 0 aliphatic carbocycles. The number of carbonyl (C=O) groups is 1. The molecule has 1 heterocycles. The predicted octanol–water partition coefficient (Wildman–Crippen LogP) is 2.67. The fourth-order valence-electron chi connectivity index (χ4n) is 1.89. The number of rotatable bonds is 6. The topological polar surface area (TPSA) is 44.1 Å². The van der Waals surface area contributed by atoms with Gasteiger partial charge in [0.1, 0.15) is 0 Å². The number of nitrogens with zero attached hydrogens (tertiary/aromatic N) is 2. The average molecular weight is 254 g/mol. The van der Waals surface area contributed by atoms with Gasteiger partial charge in [-0.25, -0.2) is 0 Å². The minimum absolute atomic E-state index is 0.223. The maximum Gasteiger partial charge on any atom is 0.232 e. The Kier molecular flexibility index (Phi) is 5.84. The molecule has 0 aromatic rings. The van der Waals surface area contributed by atoms with Gasteiger partial charge in [-0.2, -0.15) is 17.0 Å². The van der Waals surface area contributed by atoms with Crippen LogP contribution in [0, 0.1) is 16.7 Å². The number of likely N-dealkylation sites (tertiary alicyclic amines) is 1. The summed E-state index contributed by atoms with van der Waals surface area (Å²) in [6.07, 6.45) is 4.24. The van der Waals surface area contributed by atoms with Crippen molar-refractivity contribution < 1.29 is 4.79 Å². The second kappa shape index (κ2) is 6.90. The quantitative estimate of drug-likeness (QED) is 0.684. The first-order chi connectivity index (χ1) is 8.05. The molecule has 0 N–H and O–H groups in total. The van der Waals surface area contributed by atoms with Crippen LogP contribution in [0.2, 0.25) is 0 Å². The first-order valence-corrected chi connectivity index (χ1v) is 7.47. The summed E-state index contributed by atoms with van der Waals surface area (Å²) in [5.74, 6) is 1.87. The molecule has 0 bridgehead atoms. The molecule has 0 radical (unpaired) electrons. The molecule has 1 aliphatic rings. The first-order valence-electron chi connectivity index (χ1n) is 6.32. The highest BCUT2D eigenvalue weighted by Gasteiger charge is 2.18. The number of thioether (sulfide) groups is 1. The van der Waals surface area contributed by atoms with Crippen molar-refractivity contribution in [3.05, 3.63) is 0 Å². The summed E-state index contributed by atoms with van der Waals surface area (Å²) in [5, 5.41) is 8.86. The maximum absolute atomic E-state index is 11.7. The van der Waals surface area contributed by atoms with E-state index >= 15 is 0 Å². The minimum atomic E-state index is -0.223. The van der Waals surface area contributed by atoms with Gasteiger partial charge < -0.3 is 4.90 Å². The van der Waals surface area contributed by atoms with E-state index in [-0.39, 0.29) is 11.3 Å². The summed E-state index contributed by atoms with van der Waals surface area (Å²) < 4.78 is 0. The van der Waals surface area contributed by atoms with E-state index in [9.17, 15) is 4.79 Å². The van der Waals surface area contributed by atoms with Crippen molar-refractivity contribution in [2.24, 2.45) is 5.41 Å². The second-order valence-corrected chi connectivity index (χ2v) is 6.34. The van der Waals surface area contributed by atoms with Crippen LogP contribution in [0.15, 0.2) is 0 Å². The Morgan fingerprint density at radius 2 is 2.06 bits per heavy atom. The van der Waals surface area contributed by atoms with Crippen LogP contribution in [0.5, 0.6) is 0 Å². The molecule has 4 heteroatoms. The van der Waals surface area contributed by atoms with Gasteiger partial charge in [0.05, 0.1) is 17.2 Å². The summed E-state index contributed by atoms with van der Waals surface area (Å²) in [7, 11) is 0. The Bertz CT molecular complexity index is 290. The van der Waals surface area contributed by atoms with E-state index in [4.69, 9.17) is 5.26 Å². The Balaban J connectivity index is 2.04. The highest BCUT2D eigenvalue weighted by molar-refractivity contribution is 7.99. The zero-order valence-electron chi connectivity index (χ0n) is 10.9. The van der Waals surface area contributed by atoms with Crippen molar-refractivity contribution >= 4 is 17.7 Å². The molecule has 0 aromatic carbocycles. The molecule has 1 saturated heterocycles. The Morgan fingerprint density at radius 1 is 1.41 bits per heavy atom. The van der Waals surface area contributed by atoms with Crippen LogP contribution in [0.25, 0.3) is 0 Å². The Morgan fingerprint density at radius 3 is 2.65 bits per heavy atom. The Labute approximate surface area is 109 Å². The van der Waals surface area contributed by atoms with E-state index in [1.807, 2.05) is 18.7 Å². The van der Waals surface area contributed by atoms with E-state index in [0.29, 0.717) is 5.75 Å². The van der Waals surface area contributed by atoms with Crippen LogP contribution in [0.1, 0.15) is 39.5 Å². The molecule has 1 amide bonds. The third kappa shape index (κ3) is 5.45. The highest BCUT2D eigenvalue weighted by Crippen LogP contribution is 2.22. The molecule has 0 unspecified atom stereocenters. The number of hydrogen-bond donors (Lipinski definition) is 0. The Hall–Kier alpha value is -0.690. The summed E-state index contributed by atoms with van der Waals surface area (Å²) in [6, 6.07) is 2.30. The summed E-state index contributed by atoms with van der Waals surface area (Å²) in [6.45, 7) is 5.82. The monoisotopic (exact) mass is 254 g/mol. The molecular weight excluding hydrogens is 232 g/mol. The normalized spacial score (nSPS) is 15.9. The smallest absolute Gasteiger partial charge is 0.232 e. The molecule has 1 aliphatic heterocycles. The molecule has 0 atom stereocenters. The molecular formula is C13H22N2OS. The second-order valence-electron chi connectivity index (χ2n) is 5.24. The predicted molar refractivity (Wildman–Crippen MR) is 71.8 cm³/mol. The van der Waals surface area contributed by atoms with Gasteiger partial charge in [-0.05, 0) is 45.3 Å². The lowest BCUT2D eigenvalue weighted by Gasteiger charge is -2.16. The largest absolute Gasteiger partial charge is 0.342 e. The highest BCUT2D eigenvalue weighted by atomic mass is 32.2. The van der Waals surface area contributed by atoms with Gasteiger partial charge in [-0.3, -0.25) is 4.79 Å². The van der Waals surface area contributed by atoms with Crippen LogP contribution < -0.4 is 0 Å². The molecule has 0 spiro atoms. The standard InChI is InChI=1S/C13H22N2OS/c1-13(2,11-14)6-5-9-17-10-12(16)15-7-3-4-8-15/h3-10H2,1-2H3. The summed E-state index contributed by atoms with van der Waals surface area (Å²) >= 11 is 1.70. The molecule has 1 rings (SSSR count). The number of hydrogen-bond acceptors (Lipinski definition) is 3. The van der Waals surface area contributed by atoms with Crippen LogP contribution in [0.4, 0.5) is 0 Å². The van der Waals surface area contributed by atoms with Gasteiger partial charge in [0.25, 0.3) is 0 Å². The zero-order chi connectivity index (χ0) is 12.7. The molecule has 96 valence electrons. The van der Waals surface area contributed by atoms with Crippen LogP contribution in [0.3, 0.4) is 0 Å². The van der Waals surface area contributed by atoms with E-state index in [2.05, 4.69) is 6.07 Å². The van der Waals surface area contributed by atoms with Gasteiger partial charge in [-0.1, -0.05) is 0 Å². The zero-order valence-corrected chi connectivity index (χ0v) is 11.7. The summed E-state index contributed by atoms with van der Waals surface area (Å²) in [5.41, 5.74) is -0.223. The lowest BCUT2D eigenvalue weighted by atomic mass is 9.90. The molecule has 0 aromatic heterocycles. The van der Waals surface area contributed by atoms with Gasteiger partial charge in [0.15, 0.2) is 0 Å². The molecule has 17 heavy (non-hydrogen) atoms. The van der Waals surface area contributed by atoms with E-state index < -0.39 is 0 Å². The lowest BCUT2D eigenvalue weighted by molar-refractivity contribution is -0.127. The van der Waals surface area contributed by atoms with Crippen molar-refractivity contribution in [3.8, 4) is 6.07 Å². The van der Waals surface area contributed by atoms with Gasteiger partial charge in [0, 0.05) is 13.1 Å². The van der Waals surface area contributed by atoms with Crippen molar-refractivity contribution in [1.82, 2.24) is 4.90 Å². The third-order valence-electron chi connectivity index (χ3n) is 3.08. The fraction of sp³-hybridized carbons (Fsp3) is 0.846. The fourth-order valence-corrected chi connectivity index (χ4v) is 2.74. The number of nitriles is 1. The van der Waals surface area contributed by atoms with Crippen LogP contribution in [-0.2, 0) is 4.79 Å². The number of amides is 1. The first kappa shape index (κ1) is 14.4. The van der Waals surface area contributed by atoms with Crippen molar-refractivity contribution in [3.63, 3.8) is 0 Å². The summed E-state index contributed by atoms with van der Waals surface area (Å²) in [4.78, 5) is 13.7. The maximum atomic E-state index is 11.7. The van der Waals surface area contributed by atoms with E-state index in [0.717, 1.165) is 44.5 Å². The SMILES string of the molecule is CC(C)(C#N)CCCSCC(=O)N1CCCC1. The molecule has 1 fully saturated rings. The van der Waals surface area contributed by atoms with Gasteiger partial charge >= 0.3 is 0 Å². The van der Waals surface area contributed by atoms with Gasteiger partial charge in [-0.15, -0.1) is 0 Å². The minimum Gasteiger partial charge on any atom is -0.342 e. The van der Waals surface area contributed by atoms with E-state index in [1.165, 1.54) is 0 Å². The molecule has 3 nitrogen and oxygen atoms in total. The van der Waals surface area contributed by atoms with E-state index in [1.54, 1.807) is 11.8 Å².